The first-order valence-electron chi connectivity index (χ1n) is 28.2. The van der Waals surface area contributed by atoms with E-state index >= 15 is 0 Å². The van der Waals surface area contributed by atoms with Crippen LogP contribution in [0.4, 0.5) is 0 Å². The van der Waals surface area contributed by atoms with Crippen LogP contribution in [-0.4, -0.2) is 112 Å². The highest BCUT2D eigenvalue weighted by Crippen LogP contribution is 2.43. The Morgan fingerprint density at radius 1 is 0.427 bits per heavy atom. The first-order chi connectivity index (χ1) is 44.9. The van der Waals surface area contributed by atoms with Crippen LogP contribution in [0.25, 0.3) is 18.2 Å². The van der Waals surface area contributed by atoms with E-state index in [1.54, 1.807) is 6.08 Å². The van der Waals surface area contributed by atoms with Gasteiger partial charge in [0, 0.05) is 49.1 Å². The lowest BCUT2D eigenvalue weighted by molar-refractivity contribution is 0.0493. The Balaban J connectivity index is 0.000000307. The molecule has 23 nitrogen and oxygen atoms in total. The molecule has 0 saturated carbocycles. The van der Waals surface area contributed by atoms with Gasteiger partial charge in [-0.3, -0.25) is 14.4 Å². The zero-order valence-corrected chi connectivity index (χ0v) is 58.8. The van der Waals surface area contributed by atoms with Crippen LogP contribution < -0.4 is 39.1 Å². The Kier molecular flexibility index (Phi) is 30.0. The number of ketones is 3. The van der Waals surface area contributed by atoms with Crippen molar-refractivity contribution in [1.82, 2.24) is 0 Å². The maximum Gasteiger partial charge on any atom is 0.239 e. The van der Waals surface area contributed by atoms with Crippen LogP contribution in [0.5, 0.6) is 51.7 Å². The summed E-state index contributed by atoms with van der Waals surface area (Å²) in [7, 11) is -5.17. The number of sulfonamides is 3. The molecule has 29 heteroatoms. The average Bonchev–Trinajstić information content (AvgIpc) is 0.808. The van der Waals surface area contributed by atoms with Crippen molar-refractivity contribution in [3.05, 3.63) is 191 Å². The number of hydrogen-bond acceptors (Lipinski definition) is 20. The summed E-state index contributed by atoms with van der Waals surface area (Å²) in [5, 5.41) is 57.6. The quantitative estimate of drug-likeness (QED) is 0.0109. The minimum Gasteiger partial charge on any atom is -0.507 e. The van der Waals surface area contributed by atoms with Crippen molar-refractivity contribution in [3.8, 4) is 51.7 Å². The smallest absolute Gasteiger partial charge is 0.239 e. The topological polar surface area (TPSA) is 377 Å². The van der Waals surface area contributed by atoms with Gasteiger partial charge in [0.2, 0.25) is 30.1 Å². The lowest BCUT2D eigenvalue weighted by atomic mass is 9.99. The number of allylic oxidation sites excluding steroid dienone is 9. The van der Waals surface area contributed by atoms with Crippen molar-refractivity contribution >= 4 is 100 Å². The van der Waals surface area contributed by atoms with Crippen LogP contribution in [0, 0.1) is 0 Å². The number of primary sulfonamides is 3. The van der Waals surface area contributed by atoms with E-state index < -0.39 is 47.4 Å². The lowest BCUT2D eigenvalue weighted by Gasteiger charge is -2.18. The SMILES string of the molecule is COCOc1c(CC=C(C)C)c(O)cc(OC)c1C(=O)/C=C/c1ccc(Cl)c(S(N)(=O)=O)c1.COCOc1cc(OC)c(C(=O)/C=C/c2ccc(Cl)c(S(N)(=O)=O)c2)c(O)c1CC=C(C)C.COc1cc(O)c(CC=C(C)C)c(O)c1C(=O)/C=C/c1ccc(Cl)c(S(N)(=O)=O)c1. The summed E-state index contributed by atoms with van der Waals surface area (Å²) in [6, 6.07) is 16.5. The molecule has 0 spiro atoms. The molecule has 6 aromatic rings. The summed E-state index contributed by atoms with van der Waals surface area (Å²) in [4.78, 5) is 38.2. The number of carbonyl (C=O) groups excluding carboxylic acids is 3. The van der Waals surface area contributed by atoms with Crippen molar-refractivity contribution in [2.45, 2.75) is 75.5 Å². The standard InChI is InChI=1S/2C23H26ClNO7S.C21H22ClNO6S/c1-14(2)5-8-16-19(32-13-30-3)12-20(31-4)22(23(16)27)18(26)10-7-15-6-9-17(24)21(11-15)33(25,28)29;1-14(2)5-8-16-19(27)12-20(31-4)22(23(16)32-13-30-3)18(26)10-7-15-6-9-17(24)21(11-15)33(25,28)29;1-12(2)4-7-14-17(25)11-18(29-3)20(21(14)26)16(24)9-6-13-5-8-15(22)19(10-13)30(23,27)28/h2*5-7,9-12,27H,8,13H2,1-4H3,(H2,25,28,29);4-6,8-11,25-26H,7H2,1-3H3,(H2,23,27,28)/b2*10-7+;9-6+. The summed E-state index contributed by atoms with van der Waals surface area (Å²) < 4.78 is 107. The molecule has 6 rings (SSSR count). The van der Waals surface area contributed by atoms with Gasteiger partial charge >= 0.3 is 0 Å². The van der Waals surface area contributed by atoms with Gasteiger partial charge in [0.25, 0.3) is 0 Å². The van der Waals surface area contributed by atoms with Gasteiger partial charge in [-0.2, -0.15) is 0 Å². The molecule has 0 radical (unpaired) electrons. The van der Waals surface area contributed by atoms with Crippen LogP contribution in [0.15, 0.2) is 141 Å². The number of benzene rings is 6. The molecule has 0 fully saturated rings. The molecule has 10 N–H and O–H groups in total. The fraction of sp³-hybridized carbons (Fsp3) is 0.239. The first kappa shape index (κ1) is 79.9. The second kappa shape index (κ2) is 36.0. The van der Waals surface area contributed by atoms with E-state index in [4.69, 9.17) is 83.4 Å². The second-order valence-electron chi connectivity index (χ2n) is 21.2. The lowest BCUT2D eigenvalue weighted by Crippen LogP contribution is -2.12. The number of phenolic OH excluding ortho intramolecular Hbond substituents is 4. The van der Waals surface area contributed by atoms with E-state index in [-0.39, 0.29) is 118 Å². The fourth-order valence-electron chi connectivity index (χ4n) is 8.52. The van der Waals surface area contributed by atoms with E-state index in [0.29, 0.717) is 46.4 Å². The molecule has 0 aromatic heterocycles. The predicted octanol–water partition coefficient (Wildman–Crippen LogP) is 12.0. The van der Waals surface area contributed by atoms with Gasteiger partial charge in [0.05, 0.1) is 36.4 Å². The minimum atomic E-state index is -4.04. The number of methoxy groups -OCH3 is 5. The summed E-state index contributed by atoms with van der Waals surface area (Å²) in [5.74, 6) is -1.96. The van der Waals surface area contributed by atoms with E-state index in [2.05, 4.69) is 0 Å². The molecule has 0 atom stereocenters. The number of aromatic hydroxyl groups is 4. The molecule has 0 aliphatic carbocycles. The van der Waals surface area contributed by atoms with Crippen LogP contribution in [0.1, 0.15) is 106 Å². The molecule has 0 saturated heterocycles. The summed E-state index contributed by atoms with van der Waals surface area (Å²) in [6.45, 7) is 11.2. The second-order valence-corrected chi connectivity index (χ2v) is 27.0. The number of hydrogen-bond donors (Lipinski definition) is 7. The maximum absolute atomic E-state index is 13.2. The maximum atomic E-state index is 13.2. The van der Waals surface area contributed by atoms with E-state index in [1.807, 2.05) is 53.7 Å². The Morgan fingerprint density at radius 2 is 0.740 bits per heavy atom. The van der Waals surface area contributed by atoms with Gasteiger partial charge in [0.15, 0.2) is 30.9 Å². The Morgan fingerprint density at radius 3 is 1.09 bits per heavy atom. The Bertz CT molecular complexity index is 4420. The average molecular weight is 1440 g/mol. The van der Waals surface area contributed by atoms with E-state index in [0.717, 1.165) is 22.8 Å². The van der Waals surface area contributed by atoms with Gasteiger partial charge < -0.3 is 53.6 Å². The van der Waals surface area contributed by atoms with Gasteiger partial charge in [-0.1, -0.05) is 106 Å². The first-order valence-corrected chi connectivity index (χ1v) is 34.0. The van der Waals surface area contributed by atoms with Crippen LogP contribution in [0.3, 0.4) is 0 Å². The van der Waals surface area contributed by atoms with Crippen molar-refractivity contribution in [2.75, 3.05) is 49.1 Å². The largest absolute Gasteiger partial charge is 0.507 e. The summed E-state index contributed by atoms with van der Waals surface area (Å²) >= 11 is 17.7. The molecule has 0 amide bonds. The fourth-order valence-corrected chi connectivity index (χ4v) is 11.8. The third-order valence-electron chi connectivity index (χ3n) is 13.3. The van der Waals surface area contributed by atoms with Crippen molar-refractivity contribution in [3.63, 3.8) is 0 Å². The monoisotopic (exact) mass is 1440 g/mol. The zero-order chi connectivity index (χ0) is 72.2. The highest BCUT2D eigenvalue weighted by Gasteiger charge is 2.27. The molecule has 0 heterocycles. The van der Waals surface area contributed by atoms with Crippen LogP contribution in [0.2, 0.25) is 15.1 Å². The summed E-state index contributed by atoms with van der Waals surface area (Å²) in [5.41, 5.74) is 5.03. The minimum absolute atomic E-state index is 0.00179. The number of halogens is 3. The van der Waals surface area contributed by atoms with Gasteiger partial charge in [-0.05, 0) is 132 Å². The van der Waals surface area contributed by atoms with Crippen molar-refractivity contribution < 1.29 is 93.2 Å². The van der Waals surface area contributed by atoms with E-state index in [9.17, 15) is 60.1 Å². The molecule has 96 heavy (non-hydrogen) atoms. The highest BCUT2D eigenvalue weighted by molar-refractivity contribution is 7.89. The zero-order valence-electron chi connectivity index (χ0n) is 54.1. The molecule has 0 bridgehead atoms. The number of nitrogens with two attached hydrogens (primary N) is 3. The van der Waals surface area contributed by atoms with Crippen LogP contribution >= 0.6 is 34.8 Å². The van der Waals surface area contributed by atoms with E-state index in [1.165, 1.54) is 139 Å². The Hall–Kier alpha value is -8.51. The van der Waals surface area contributed by atoms with Gasteiger partial charge in [-0.25, -0.2) is 40.7 Å². The molecular weight excluding hydrogens is 1370 g/mol. The molecule has 0 aliphatic rings. The predicted molar refractivity (Wildman–Crippen MR) is 369 cm³/mol. The number of carbonyl (C=O) groups is 3. The molecule has 0 unspecified atom stereocenters. The molecule has 0 aliphatic heterocycles. The number of ether oxygens (including phenoxy) is 7. The van der Waals surface area contributed by atoms with Crippen molar-refractivity contribution in [2.24, 2.45) is 15.4 Å². The van der Waals surface area contributed by atoms with Crippen LogP contribution in [-0.2, 0) is 58.8 Å². The molecular formula is C67H74Cl3N3O20S3. The number of phenols is 4. The van der Waals surface area contributed by atoms with Gasteiger partial charge in [0.1, 0.15) is 83.1 Å². The summed E-state index contributed by atoms with van der Waals surface area (Å²) in [6.07, 6.45) is 14.1. The van der Waals surface area contributed by atoms with Gasteiger partial charge in [-0.15, -0.1) is 0 Å². The third-order valence-corrected chi connectivity index (χ3v) is 17.4. The highest BCUT2D eigenvalue weighted by atomic mass is 35.5. The van der Waals surface area contributed by atoms with Crippen molar-refractivity contribution in [1.29, 1.82) is 0 Å². The number of rotatable bonds is 27. The molecule has 516 valence electrons. The Labute approximate surface area is 573 Å². The third kappa shape index (κ3) is 22.6. The molecule has 6 aromatic carbocycles. The normalized spacial score (nSPS) is 11.5.